The van der Waals surface area contributed by atoms with E-state index >= 15 is 0 Å². The SMILES string of the molecule is CCCNC(=O)C1CCCN(c2cc(N3CCSCC3)ncn2)C1. The predicted octanol–water partition coefficient (Wildman–Crippen LogP) is 1.77. The number of amides is 1. The number of carbonyl (C=O) groups is 1. The molecule has 1 atom stereocenters. The lowest BCUT2D eigenvalue weighted by molar-refractivity contribution is -0.125. The van der Waals surface area contributed by atoms with E-state index in [1.54, 1.807) is 6.33 Å². The van der Waals surface area contributed by atoms with E-state index in [1.165, 1.54) is 0 Å². The van der Waals surface area contributed by atoms with Crippen LogP contribution in [-0.2, 0) is 4.79 Å². The molecule has 0 saturated carbocycles. The third-order valence-corrected chi connectivity index (χ3v) is 5.58. The zero-order valence-electron chi connectivity index (χ0n) is 14.4. The normalized spacial score (nSPS) is 21.6. The number of hydrogen-bond donors (Lipinski definition) is 1. The van der Waals surface area contributed by atoms with Gasteiger partial charge in [0.15, 0.2) is 0 Å². The van der Waals surface area contributed by atoms with Crippen LogP contribution in [0, 0.1) is 5.92 Å². The summed E-state index contributed by atoms with van der Waals surface area (Å²) in [5.41, 5.74) is 0. The van der Waals surface area contributed by atoms with E-state index in [-0.39, 0.29) is 11.8 Å². The summed E-state index contributed by atoms with van der Waals surface area (Å²) < 4.78 is 0. The Morgan fingerprint density at radius 2 is 2.00 bits per heavy atom. The van der Waals surface area contributed by atoms with Gasteiger partial charge in [-0.1, -0.05) is 6.92 Å². The molecule has 0 aliphatic carbocycles. The molecule has 3 rings (SSSR count). The van der Waals surface area contributed by atoms with Crippen LogP contribution < -0.4 is 15.1 Å². The highest BCUT2D eigenvalue weighted by atomic mass is 32.2. The van der Waals surface area contributed by atoms with Crippen molar-refractivity contribution in [1.29, 1.82) is 0 Å². The summed E-state index contributed by atoms with van der Waals surface area (Å²) in [4.78, 5) is 25.8. The van der Waals surface area contributed by atoms with Gasteiger partial charge in [0.1, 0.15) is 18.0 Å². The van der Waals surface area contributed by atoms with Crippen LogP contribution >= 0.6 is 11.8 Å². The minimum Gasteiger partial charge on any atom is -0.356 e. The Bertz CT molecular complexity index is 550. The van der Waals surface area contributed by atoms with Gasteiger partial charge in [0.05, 0.1) is 5.92 Å². The Morgan fingerprint density at radius 1 is 1.25 bits per heavy atom. The van der Waals surface area contributed by atoms with Gasteiger partial charge in [-0.25, -0.2) is 9.97 Å². The van der Waals surface area contributed by atoms with Crippen molar-refractivity contribution >= 4 is 29.3 Å². The molecule has 6 nitrogen and oxygen atoms in total. The largest absolute Gasteiger partial charge is 0.356 e. The molecule has 0 bridgehead atoms. The number of thioether (sulfide) groups is 1. The molecule has 0 radical (unpaired) electrons. The molecule has 0 aromatic carbocycles. The summed E-state index contributed by atoms with van der Waals surface area (Å²) in [7, 11) is 0. The zero-order chi connectivity index (χ0) is 16.8. The number of aromatic nitrogens is 2. The van der Waals surface area contributed by atoms with Crippen molar-refractivity contribution in [3.05, 3.63) is 12.4 Å². The van der Waals surface area contributed by atoms with Crippen LogP contribution in [0.25, 0.3) is 0 Å². The molecular formula is C17H27N5OS. The number of hydrogen-bond acceptors (Lipinski definition) is 6. The smallest absolute Gasteiger partial charge is 0.224 e. The number of piperidine rings is 1. The second kappa shape index (κ2) is 8.55. The highest BCUT2D eigenvalue weighted by Gasteiger charge is 2.26. The third-order valence-electron chi connectivity index (χ3n) is 4.64. The molecule has 24 heavy (non-hydrogen) atoms. The molecule has 7 heteroatoms. The third kappa shape index (κ3) is 4.32. The van der Waals surface area contributed by atoms with Crippen LogP contribution in [0.1, 0.15) is 26.2 Å². The maximum atomic E-state index is 12.3. The van der Waals surface area contributed by atoms with Crippen molar-refractivity contribution in [3.63, 3.8) is 0 Å². The fraction of sp³-hybridized carbons (Fsp3) is 0.706. The van der Waals surface area contributed by atoms with Gasteiger partial charge in [-0.2, -0.15) is 11.8 Å². The summed E-state index contributed by atoms with van der Waals surface area (Å²) in [6.07, 6.45) is 4.63. The molecule has 0 spiro atoms. The first-order chi connectivity index (χ1) is 11.8. The summed E-state index contributed by atoms with van der Waals surface area (Å²) >= 11 is 2.00. The first-order valence-corrected chi connectivity index (χ1v) is 10.1. The Morgan fingerprint density at radius 3 is 2.75 bits per heavy atom. The maximum Gasteiger partial charge on any atom is 0.224 e. The van der Waals surface area contributed by atoms with E-state index in [0.717, 1.165) is 75.1 Å². The van der Waals surface area contributed by atoms with E-state index in [2.05, 4.69) is 38.1 Å². The Balaban J connectivity index is 1.65. The van der Waals surface area contributed by atoms with Crippen LogP contribution in [0.15, 0.2) is 12.4 Å². The molecule has 1 aromatic heterocycles. The number of nitrogens with zero attached hydrogens (tertiary/aromatic N) is 4. The molecule has 1 N–H and O–H groups in total. The number of nitrogens with one attached hydrogen (secondary N) is 1. The second-order valence-electron chi connectivity index (χ2n) is 6.41. The zero-order valence-corrected chi connectivity index (χ0v) is 15.2. The standard InChI is InChI=1S/C17H27N5OS/c1-2-5-18-17(23)14-4-3-6-22(12-14)16-11-15(19-13-20-16)21-7-9-24-10-8-21/h11,13-14H,2-10,12H2,1H3,(H,18,23). The Hall–Kier alpha value is -1.50. The molecule has 132 valence electrons. The summed E-state index contributed by atoms with van der Waals surface area (Å²) in [6, 6.07) is 2.09. The molecule has 2 fully saturated rings. The molecular weight excluding hydrogens is 322 g/mol. The van der Waals surface area contributed by atoms with Crippen molar-refractivity contribution in [2.45, 2.75) is 26.2 Å². The van der Waals surface area contributed by atoms with Gasteiger partial charge in [0, 0.05) is 50.3 Å². The Labute approximate surface area is 148 Å². The van der Waals surface area contributed by atoms with Gasteiger partial charge in [-0.15, -0.1) is 0 Å². The van der Waals surface area contributed by atoms with E-state index in [0.29, 0.717) is 0 Å². The Kier molecular flexibility index (Phi) is 6.18. The van der Waals surface area contributed by atoms with Gasteiger partial charge < -0.3 is 15.1 Å². The van der Waals surface area contributed by atoms with Crippen LogP contribution in [0.5, 0.6) is 0 Å². The van der Waals surface area contributed by atoms with Crippen molar-refractivity contribution in [3.8, 4) is 0 Å². The number of carbonyl (C=O) groups excluding carboxylic acids is 1. The predicted molar refractivity (Wildman–Crippen MR) is 99.8 cm³/mol. The quantitative estimate of drug-likeness (QED) is 0.874. The molecule has 1 aromatic rings. The molecule has 3 heterocycles. The van der Waals surface area contributed by atoms with Gasteiger partial charge in [0.2, 0.25) is 5.91 Å². The van der Waals surface area contributed by atoms with Crippen molar-refractivity contribution in [2.75, 3.05) is 54.0 Å². The monoisotopic (exact) mass is 349 g/mol. The van der Waals surface area contributed by atoms with Gasteiger partial charge in [-0.3, -0.25) is 4.79 Å². The fourth-order valence-corrected chi connectivity index (χ4v) is 4.17. The van der Waals surface area contributed by atoms with E-state index in [1.807, 2.05) is 11.8 Å². The fourth-order valence-electron chi connectivity index (χ4n) is 3.27. The molecule has 2 saturated heterocycles. The van der Waals surface area contributed by atoms with E-state index < -0.39 is 0 Å². The van der Waals surface area contributed by atoms with Crippen LogP contribution in [-0.4, -0.2) is 60.1 Å². The lowest BCUT2D eigenvalue weighted by Crippen LogP contribution is -2.43. The lowest BCUT2D eigenvalue weighted by atomic mass is 9.97. The minimum absolute atomic E-state index is 0.0649. The summed E-state index contributed by atoms with van der Waals surface area (Å²) in [5.74, 6) is 4.52. The van der Waals surface area contributed by atoms with Crippen molar-refractivity contribution in [1.82, 2.24) is 15.3 Å². The van der Waals surface area contributed by atoms with Crippen molar-refractivity contribution in [2.24, 2.45) is 5.92 Å². The van der Waals surface area contributed by atoms with Crippen LogP contribution in [0.4, 0.5) is 11.6 Å². The van der Waals surface area contributed by atoms with E-state index in [9.17, 15) is 4.79 Å². The minimum atomic E-state index is 0.0649. The molecule has 1 unspecified atom stereocenters. The first-order valence-electron chi connectivity index (χ1n) is 8.95. The van der Waals surface area contributed by atoms with Crippen LogP contribution in [0.3, 0.4) is 0 Å². The molecule has 2 aliphatic heterocycles. The number of rotatable bonds is 5. The highest BCUT2D eigenvalue weighted by molar-refractivity contribution is 7.99. The van der Waals surface area contributed by atoms with Gasteiger partial charge >= 0.3 is 0 Å². The topological polar surface area (TPSA) is 61.4 Å². The average Bonchev–Trinajstić information content (AvgIpc) is 2.67. The summed E-state index contributed by atoms with van der Waals surface area (Å²) in [6.45, 7) is 6.65. The van der Waals surface area contributed by atoms with E-state index in [4.69, 9.17) is 0 Å². The van der Waals surface area contributed by atoms with Crippen LogP contribution in [0.2, 0.25) is 0 Å². The molecule has 1 amide bonds. The molecule has 2 aliphatic rings. The average molecular weight is 350 g/mol. The van der Waals surface area contributed by atoms with Gasteiger partial charge in [-0.05, 0) is 19.3 Å². The summed E-state index contributed by atoms with van der Waals surface area (Å²) in [5, 5.41) is 3.03. The van der Waals surface area contributed by atoms with Crippen molar-refractivity contribution < 1.29 is 4.79 Å². The second-order valence-corrected chi connectivity index (χ2v) is 7.63. The lowest BCUT2D eigenvalue weighted by Gasteiger charge is -2.33. The van der Waals surface area contributed by atoms with Gasteiger partial charge in [0.25, 0.3) is 0 Å². The highest BCUT2D eigenvalue weighted by Crippen LogP contribution is 2.25. The number of anilines is 2. The maximum absolute atomic E-state index is 12.3. The first kappa shape index (κ1) is 17.3.